The first-order valence-electron chi connectivity index (χ1n) is 20.9. The first kappa shape index (κ1) is 35.7. The van der Waals surface area contributed by atoms with Crippen molar-refractivity contribution in [3.63, 3.8) is 0 Å². The lowest BCUT2D eigenvalue weighted by molar-refractivity contribution is 0.660. The summed E-state index contributed by atoms with van der Waals surface area (Å²) in [6.45, 7) is 4.78. The van der Waals surface area contributed by atoms with E-state index in [1.807, 2.05) is 0 Å². The van der Waals surface area contributed by atoms with Crippen LogP contribution in [0.2, 0.25) is 0 Å². The van der Waals surface area contributed by atoms with Crippen molar-refractivity contribution < 1.29 is 0 Å². The fourth-order valence-electron chi connectivity index (χ4n) is 9.49. The number of hydrogen-bond donors (Lipinski definition) is 0. The molecule has 0 aliphatic heterocycles. The van der Waals surface area contributed by atoms with Crippen LogP contribution in [0.3, 0.4) is 0 Å². The van der Waals surface area contributed by atoms with Gasteiger partial charge in [-0.1, -0.05) is 190 Å². The summed E-state index contributed by atoms with van der Waals surface area (Å²) in [6.07, 6.45) is 0. The van der Waals surface area contributed by atoms with Crippen LogP contribution in [0.25, 0.3) is 77.2 Å². The second-order valence-corrected chi connectivity index (χ2v) is 16.5. The van der Waals surface area contributed by atoms with E-state index in [9.17, 15) is 0 Å². The molecule has 0 unspecified atom stereocenters. The Balaban J connectivity index is 0.980. The summed E-state index contributed by atoms with van der Waals surface area (Å²) in [4.78, 5) is 2.41. The van der Waals surface area contributed by atoms with Gasteiger partial charge in [-0.25, -0.2) is 0 Å². The second kappa shape index (κ2) is 14.4. The molecule has 284 valence electrons. The van der Waals surface area contributed by atoms with Gasteiger partial charge in [0, 0.05) is 22.5 Å². The zero-order valence-corrected chi connectivity index (χ0v) is 33.8. The molecule has 1 aliphatic carbocycles. The normalized spacial score (nSPS) is 12.6. The van der Waals surface area contributed by atoms with E-state index in [0.29, 0.717) is 0 Å². The van der Waals surface area contributed by atoms with Crippen molar-refractivity contribution in [2.75, 3.05) is 4.90 Å². The van der Waals surface area contributed by atoms with Crippen molar-refractivity contribution in [2.24, 2.45) is 0 Å². The maximum Gasteiger partial charge on any atom is 0.0465 e. The van der Waals surface area contributed by atoms with Crippen molar-refractivity contribution in [1.82, 2.24) is 0 Å². The van der Waals surface area contributed by atoms with Gasteiger partial charge < -0.3 is 4.90 Å². The van der Waals surface area contributed by atoms with Gasteiger partial charge in [-0.15, -0.1) is 0 Å². The molecule has 0 radical (unpaired) electrons. The van der Waals surface area contributed by atoms with E-state index in [1.54, 1.807) is 0 Å². The maximum atomic E-state index is 2.46. The molecule has 0 saturated carbocycles. The Hall–Kier alpha value is -7.48. The van der Waals surface area contributed by atoms with Crippen LogP contribution in [0.5, 0.6) is 0 Å². The topological polar surface area (TPSA) is 3.24 Å². The first-order valence-corrected chi connectivity index (χ1v) is 20.9. The van der Waals surface area contributed by atoms with E-state index in [0.717, 1.165) is 17.1 Å². The van der Waals surface area contributed by atoms with Gasteiger partial charge in [-0.3, -0.25) is 0 Å². The van der Waals surface area contributed by atoms with Crippen LogP contribution in [-0.2, 0) is 5.41 Å². The lowest BCUT2D eigenvalue weighted by Crippen LogP contribution is -2.16. The van der Waals surface area contributed by atoms with E-state index in [4.69, 9.17) is 0 Å². The van der Waals surface area contributed by atoms with Crippen LogP contribution in [0, 0.1) is 0 Å². The fourth-order valence-corrected chi connectivity index (χ4v) is 9.49. The smallest absolute Gasteiger partial charge is 0.0465 e. The lowest BCUT2D eigenvalue weighted by Gasteiger charge is -2.28. The number of rotatable bonds is 7. The predicted octanol–water partition coefficient (Wildman–Crippen LogP) is 16.4. The Morgan fingerprint density at radius 3 is 1.25 bits per heavy atom. The van der Waals surface area contributed by atoms with E-state index in [-0.39, 0.29) is 5.41 Å². The molecule has 1 heteroatoms. The van der Waals surface area contributed by atoms with Crippen LogP contribution >= 0.6 is 0 Å². The summed E-state index contributed by atoms with van der Waals surface area (Å²) in [6, 6.07) is 82.3. The Kier molecular flexibility index (Phi) is 8.57. The van der Waals surface area contributed by atoms with Crippen LogP contribution < -0.4 is 4.90 Å². The Labute approximate surface area is 352 Å². The summed E-state index contributed by atoms with van der Waals surface area (Å²) in [5.74, 6) is 0. The Morgan fingerprint density at radius 2 is 0.683 bits per heavy atom. The highest BCUT2D eigenvalue weighted by molar-refractivity contribution is 6.14. The van der Waals surface area contributed by atoms with Crippen LogP contribution in [0.1, 0.15) is 25.0 Å². The minimum Gasteiger partial charge on any atom is -0.310 e. The summed E-state index contributed by atoms with van der Waals surface area (Å²) >= 11 is 0. The molecule has 0 heterocycles. The molecule has 60 heavy (non-hydrogen) atoms. The van der Waals surface area contributed by atoms with Gasteiger partial charge in [0.05, 0.1) is 0 Å². The number of anilines is 3. The molecule has 0 atom stereocenters. The molecule has 0 aromatic heterocycles. The third-order valence-corrected chi connectivity index (χ3v) is 12.7. The quantitative estimate of drug-likeness (QED) is 0.146. The number of benzene rings is 10. The molecule has 0 bridgehead atoms. The van der Waals surface area contributed by atoms with Gasteiger partial charge in [0.2, 0.25) is 0 Å². The van der Waals surface area contributed by atoms with E-state index in [2.05, 4.69) is 243 Å². The molecule has 0 spiro atoms. The number of nitrogens with zero attached hydrogens (tertiary/aromatic N) is 1. The largest absolute Gasteiger partial charge is 0.310 e. The van der Waals surface area contributed by atoms with Crippen LogP contribution in [-0.4, -0.2) is 0 Å². The first-order chi connectivity index (χ1) is 29.5. The van der Waals surface area contributed by atoms with E-state index < -0.39 is 0 Å². The highest BCUT2D eigenvalue weighted by Crippen LogP contribution is 2.52. The molecular formula is C59H43N. The number of hydrogen-bond acceptors (Lipinski definition) is 1. The summed E-state index contributed by atoms with van der Waals surface area (Å²) in [7, 11) is 0. The molecule has 1 aliphatic rings. The predicted molar refractivity (Wildman–Crippen MR) is 255 cm³/mol. The number of fused-ring (bicyclic) bond motifs is 6. The van der Waals surface area contributed by atoms with Crippen molar-refractivity contribution in [1.29, 1.82) is 0 Å². The Morgan fingerprint density at radius 1 is 0.283 bits per heavy atom. The second-order valence-electron chi connectivity index (χ2n) is 16.5. The Bertz CT molecular complexity index is 3180. The molecule has 11 rings (SSSR count). The average Bonchev–Trinajstić information content (AvgIpc) is 3.54. The van der Waals surface area contributed by atoms with Gasteiger partial charge in [0.1, 0.15) is 0 Å². The van der Waals surface area contributed by atoms with E-state index >= 15 is 0 Å². The highest BCUT2D eigenvalue weighted by Gasteiger charge is 2.36. The van der Waals surface area contributed by atoms with Gasteiger partial charge >= 0.3 is 0 Å². The van der Waals surface area contributed by atoms with Gasteiger partial charge in [-0.2, -0.15) is 0 Å². The minimum absolute atomic E-state index is 0.206. The van der Waals surface area contributed by atoms with Crippen LogP contribution in [0.15, 0.2) is 224 Å². The summed E-state index contributed by atoms with van der Waals surface area (Å²) in [5, 5.41) is 5.15. The maximum absolute atomic E-state index is 2.46. The monoisotopic (exact) mass is 765 g/mol. The van der Waals surface area contributed by atoms with Crippen molar-refractivity contribution in [2.45, 2.75) is 19.3 Å². The lowest BCUT2D eigenvalue weighted by atomic mass is 9.81. The molecule has 0 N–H and O–H groups in total. The van der Waals surface area contributed by atoms with Crippen LogP contribution in [0.4, 0.5) is 17.1 Å². The molecule has 1 nitrogen and oxygen atoms in total. The van der Waals surface area contributed by atoms with E-state index in [1.165, 1.54) is 88.3 Å². The van der Waals surface area contributed by atoms with Crippen molar-refractivity contribution >= 4 is 38.6 Å². The summed E-state index contributed by atoms with van der Waals surface area (Å²) in [5.41, 5.74) is 18.3. The van der Waals surface area contributed by atoms with Crippen molar-refractivity contribution in [3.8, 4) is 55.6 Å². The molecule has 0 amide bonds. The molecule has 0 saturated heterocycles. The highest BCUT2D eigenvalue weighted by atomic mass is 15.1. The van der Waals surface area contributed by atoms with Gasteiger partial charge in [-0.05, 0) is 137 Å². The SMILES string of the molecule is CC1(C)c2cc(-c3cc4ccccc4c4ccccc34)ccc2-c2ccc(N(c3ccc(-c4ccccc4)cc3)c3ccc(-c4ccc(-c5ccccc5)cc4)cc3)cc21. The molecular weight excluding hydrogens is 723 g/mol. The average molecular weight is 766 g/mol. The zero-order valence-electron chi connectivity index (χ0n) is 33.8. The minimum atomic E-state index is -0.206. The van der Waals surface area contributed by atoms with Gasteiger partial charge in [0.15, 0.2) is 0 Å². The van der Waals surface area contributed by atoms with Gasteiger partial charge in [0.25, 0.3) is 0 Å². The third kappa shape index (κ3) is 6.10. The fraction of sp³-hybridized carbons (Fsp3) is 0.0508. The third-order valence-electron chi connectivity index (χ3n) is 12.7. The van der Waals surface area contributed by atoms with Crippen molar-refractivity contribution in [3.05, 3.63) is 236 Å². The molecule has 0 fully saturated rings. The zero-order chi connectivity index (χ0) is 40.2. The summed E-state index contributed by atoms with van der Waals surface area (Å²) < 4.78 is 0. The standard InChI is InChI=1S/C59H43N/c1-59(2)57-38-47(56-37-46-17-9-10-18-51(46)52-19-11-12-20-53(52)56)29-35-54(57)55-36-34-50(39-58(55)59)60(48-30-25-44(26-31-48)41-15-7-4-8-16-41)49-32-27-45(28-33-49)43-23-21-42(22-24-43)40-13-5-3-6-14-40/h3-39H,1-2H3. The molecule has 10 aromatic rings. The molecule has 10 aromatic carbocycles.